The van der Waals surface area contributed by atoms with Gasteiger partial charge in [-0.15, -0.1) is 0 Å². The van der Waals surface area contributed by atoms with E-state index in [1.165, 1.54) is 0 Å². The second kappa shape index (κ2) is 33.3. The van der Waals surface area contributed by atoms with E-state index >= 15 is 0 Å². The van der Waals surface area contributed by atoms with Gasteiger partial charge in [-0.2, -0.15) is 0 Å². The first-order chi connectivity index (χ1) is 41.4. The van der Waals surface area contributed by atoms with E-state index in [4.69, 9.17) is 29.4 Å². The van der Waals surface area contributed by atoms with Crippen LogP contribution in [0.25, 0.3) is 0 Å². The van der Waals surface area contributed by atoms with Crippen molar-refractivity contribution in [3.8, 4) is 34.5 Å². The van der Waals surface area contributed by atoms with Gasteiger partial charge >= 0.3 is 62.8 Å². The van der Waals surface area contributed by atoms with E-state index in [-0.39, 0.29) is 81.7 Å². The summed E-state index contributed by atoms with van der Waals surface area (Å²) < 4.78 is 11.8. The summed E-state index contributed by atoms with van der Waals surface area (Å²) in [6.07, 6.45) is 17.8. The predicted octanol–water partition coefficient (Wildman–Crippen LogP) is 15.3. The van der Waals surface area contributed by atoms with Gasteiger partial charge in [0.1, 0.15) is 11.5 Å². The molecule has 0 unspecified atom stereocenters. The molecule has 6 rings (SSSR count). The predicted molar refractivity (Wildman–Crippen MR) is 365 cm³/mol. The van der Waals surface area contributed by atoms with Crippen molar-refractivity contribution in [2.24, 2.45) is 20.0 Å². The normalized spacial score (nSPS) is 18.1. The number of halogens is 2. The van der Waals surface area contributed by atoms with Crippen LogP contribution >= 0.6 is 20.1 Å². The number of aliphatic imine (C=N–C) groups is 4. The van der Waals surface area contributed by atoms with Crippen LogP contribution < -0.4 is 29.9 Å². The second-order valence-electron chi connectivity index (χ2n) is 30.3. The molecule has 2 aliphatic rings. The molecule has 2 fully saturated rings. The van der Waals surface area contributed by atoms with Crippen LogP contribution in [0.2, 0.25) is 0 Å². The van der Waals surface area contributed by atoms with Gasteiger partial charge in [-0.3, -0.25) is 29.6 Å². The zero-order chi connectivity index (χ0) is 67.0. The first kappa shape index (κ1) is 76.8. The van der Waals surface area contributed by atoms with Gasteiger partial charge in [-0.05, 0) is 151 Å². The second-order valence-corrected chi connectivity index (χ2v) is 30.3. The van der Waals surface area contributed by atoms with Gasteiger partial charge in [-0.1, -0.05) is 217 Å². The van der Waals surface area contributed by atoms with Crippen LogP contribution in [0.4, 0.5) is 0 Å². The maximum atomic E-state index is 13.9. The van der Waals surface area contributed by atoms with E-state index in [0.717, 1.165) is 92.9 Å². The minimum absolute atomic E-state index is 0.00537. The number of carbonyl (C=O) groups is 2. The van der Waals surface area contributed by atoms with Crippen molar-refractivity contribution in [1.82, 2.24) is 0 Å². The van der Waals surface area contributed by atoms with E-state index in [0.29, 0.717) is 57.7 Å². The van der Waals surface area contributed by atoms with Gasteiger partial charge in [0, 0.05) is 37.7 Å². The summed E-state index contributed by atoms with van der Waals surface area (Å²) in [6, 6.07) is 13.9. The van der Waals surface area contributed by atoms with Crippen LogP contribution in [0.1, 0.15) is 277 Å². The van der Waals surface area contributed by atoms with Crippen molar-refractivity contribution in [3.63, 3.8) is 0 Å². The standard InChI is InChI=1S/C73H104N4O8.2Al.2ClH/c1-68(2,3)50-34-46(64(80)54(38-50)70(7,8)9)42-74-58-28-24-26-30-60(58)76-44-48-36-52(40-56(66(48)82)72(13,14)15)84-62(78)32-22-20-19-21-23-33-63(79)85-53-37-49(67(83)57(41-53)73(16,17)18)45-77-61-31-27-25-29-59(61)75-43-47-35-51(69(4,5)6)39-55(65(47)81)71(10,11)12;;;;/h34-45,58-61,80-83H,19-33H2,1-18H3;;;2*1H/q;2*+3;;/p-6/t58-,59-,60-,61-;;;;/m0..../s1. The fraction of sp³-hybridized carbons (Fsp3) is 0.589. The van der Waals surface area contributed by atoms with Crippen LogP contribution in [0, 0.1) is 0 Å². The molecule has 12 nitrogen and oxygen atoms in total. The van der Waals surface area contributed by atoms with E-state index < -0.39 is 22.8 Å². The molecule has 0 N–H and O–H groups in total. The van der Waals surface area contributed by atoms with Gasteiger partial charge in [-0.25, -0.2) is 0 Å². The number of carbonyl (C=O) groups excluding carboxylic acids is 2. The number of esters is 2. The van der Waals surface area contributed by atoms with Gasteiger partial charge in [0.2, 0.25) is 0 Å². The zero-order valence-corrected chi connectivity index (χ0v) is 60.6. The first-order valence-corrected chi connectivity index (χ1v) is 35.3. The molecular formula is C73H100Al2Cl2N4O8. The molecule has 0 amide bonds. The Morgan fingerprint density at radius 1 is 0.393 bits per heavy atom. The van der Waals surface area contributed by atoms with Crippen molar-refractivity contribution in [1.29, 1.82) is 0 Å². The van der Waals surface area contributed by atoms with Gasteiger partial charge in [0.15, 0.2) is 0 Å². The van der Waals surface area contributed by atoms with Crippen LogP contribution in [0.3, 0.4) is 0 Å². The van der Waals surface area contributed by atoms with Crippen LogP contribution in [0.5, 0.6) is 34.5 Å². The van der Waals surface area contributed by atoms with Gasteiger partial charge in [0.25, 0.3) is 0 Å². The molecule has 89 heavy (non-hydrogen) atoms. The molecule has 4 aromatic carbocycles. The molecule has 0 spiro atoms. The Labute approximate surface area is 559 Å². The van der Waals surface area contributed by atoms with Crippen molar-refractivity contribution in [2.45, 2.75) is 278 Å². The molecule has 2 aliphatic carbocycles. The summed E-state index contributed by atoms with van der Waals surface area (Å²) in [4.78, 5) is 46.5. The first-order valence-electron chi connectivity index (χ1n) is 31.8. The number of ether oxygens (including phenoxy) is 2. The zero-order valence-electron chi connectivity index (χ0n) is 56.8. The molecule has 16 heteroatoms. The Morgan fingerprint density at radius 2 is 0.629 bits per heavy atom. The Kier molecular flexibility index (Phi) is 28.7. The molecule has 4 aromatic rings. The topological polar surface area (TPSA) is 194 Å². The summed E-state index contributed by atoms with van der Waals surface area (Å²) in [7, 11) is 9.11. The van der Waals surface area contributed by atoms with Crippen molar-refractivity contribution in [2.75, 3.05) is 0 Å². The number of hydrogen-bond donors (Lipinski definition) is 0. The van der Waals surface area contributed by atoms with Gasteiger partial charge < -0.3 is 29.9 Å². The van der Waals surface area contributed by atoms with Crippen molar-refractivity contribution >= 4 is 87.6 Å². The molecule has 2 saturated carbocycles. The average Bonchev–Trinajstić information content (AvgIpc) is 0.912. The quantitative estimate of drug-likeness (QED) is 0.0308. The third-order valence-electron chi connectivity index (χ3n) is 16.6. The summed E-state index contributed by atoms with van der Waals surface area (Å²) in [5.74, 6) is -0.515. The summed E-state index contributed by atoms with van der Waals surface area (Å²) in [5.41, 5.74) is 4.64. The Balaban J connectivity index is 0.00000414. The maximum absolute atomic E-state index is 13.9. The van der Waals surface area contributed by atoms with Crippen LogP contribution in [-0.2, 0) is 42.1 Å². The van der Waals surface area contributed by atoms with Crippen molar-refractivity contribution in [3.05, 3.63) is 104 Å². The number of rotatable bonds is 18. The third-order valence-corrected chi connectivity index (χ3v) is 16.6. The average molecular weight is 1290 g/mol. The molecule has 480 valence electrons. The fourth-order valence-electron chi connectivity index (χ4n) is 11.2. The molecule has 4 atom stereocenters. The van der Waals surface area contributed by atoms with E-state index in [1.807, 2.05) is 96.5 Å². The summed E-state index contributed by atoms with van der Waals surface area (Å²) in [6.45, 7) is 37.0. The number of unbranched alkanes of at least 4 members (excludes halogenated alkanes) is 4. The fourth-order valence-corrected chi connectivity index (χ4v) is 11.2. The van der Waals surface area contributed by atoms with Crippen LogP contribution in [0.15, 0.2) is 68.5 Å². The number of benzene rings is 4. The van der Waals surface area contributed by atoms with E-state index in [2.05, 4.69) is 103 Å². The molecule has 0 aliphatic heterocycles. The third kappa shape index (κ3) is 22.9. The number of nitrogens with zero attached hydrogens (tertiary/aromatic N) is 4. The molecule has 0 saturated heterocycles. The van der Waals surface area contributed by atoms with Crippen LogP contribution in [-0.4, -0.2) is 91.7 Å². The van der Waals surface area contributed by atoms with E-state index in [1.54, 1.807) is 49.1 Å². The molecular weight excluding hydrogens is 1190 g/mol. The molecule has 0 aromatic heterocycles. The summed E-state index contributed by atoms with van der Waals surface area (Å²) >= 11 is 3.78. The molecule has 0 heterocycles. The van der Waals surface area contributed by atoms with E-state index in [9.17, 15) is 30.0 Å². The molecule has 0 bridgehead atoms. The number of hydrogen-bond acceptors (Lipinski definition) is 12. The SMILES string of the molecule is CC(C)(C)c1cc(C=N[C@H]2CCCC[C@@H]2N=Cc2cc(OC(=O)CCCCCCCC(=O)Oc3cc(C=N[C@H]4CCCC[C@@H]4N=Cc4cc(C(C)(C)C)cc(C(C)(C)C)c4[O-])c([O-])c(C(C)(C)C)c3)cc(C(C)(C)C)c2[O-])c([O-])c(C(C)(C)C)c1.[Al+2][Cl].[Al+2][Cl]. The summed E-state index contributed by atoms with van der Waals surface area (Å²) in [5, 5.41) is 55.3. The molecule has 0 radical (unpaired) electrons. The minimum atomic E-state index is -0.523. The Hall–Kier alpha value is -4.66. The van der Waals surface area contributed by atoms with Gasteiger partial charge in [0.05, 0.1) is 24.2 Å². The Morgan fingerprint density at radius 3 is 0.876 bits per heavy atom. The monoisotopic (exact) mass is 1280 g/mol. The Bertz CT molecular complexity index is 2930. The van der Waals surface area contributed by atoms with Crippen molar-refractivity contribution < 1.29 is 39.5 Å².